The second kappa shape index (κ2) is 4.10. The number of anilines is 1. The van der Waals surface area contributed by atoms with Crippen LogP contribution in [0.2, 0.25) is 0 Å². The van der Waals surface area contributed by atoms with Crippen LogP contribution in [0.25, 0.3) is 0 Å². The Kier molecular flexibility index (Phi) is 2.98. The molecule has 0 aromatic carbocycles. The lowest BCUT2D eigenvalue weighted by Crippen LogP contribution is -2.41. The fraction of sp³-hybridized carbons (Fsp3) is 0.545. The molecule has 2 rings (SSSR count). The van der Waals surface area contributed by atoms with E-state index in [1.807, 2.05) is 12.1 Å². The smallest absolute Gasteiger partial charge is 0.140 e. The lowest BCUT2D eigenvalue weighted by atomic mass is 9.95. The number of nitrogens with one attached hydrogen (secondary N) is 1. The third kappa shape index (κ3) is 2.16. The van der Waals surface area contributed by atoms with Gasteiger partial charge in [0.05, 0.1) is 16.1 Å². The largest absolute Gasteiger partial charge is 0.376 e. The summed E-state index contributed by atoms with van der Waals surface area (Å²) < 4.78 is 6.57. The SMILES string of the molecule is CC1OCCC1(C)Nc1ncccc1Br. The molecule has 0 radical (unpaired) electrons. The molecule has 1 aromatic rings. The van der Waals surface area contributed by atoms with Gasteiger partial charge in [0.25, 0.3) is 0 Å². The van der Waals surface area contributed by atoms with Gasteiger partial charge in [0.15, 0.2) is 0 Å². The van der Waals surface area contributed by atoms with Gasteiger partial charge >= 0.3 is 0 Å². The predicted molar refractivity (Wildman–Crippen MR) is 64.0 cm³/mol. The summed E-state index contributed by atoms with van der Waals surface area (Å²) in [7, 11) is 0. The molecule has 2 unspecified atom stereocenters. The van der Waals surface area contributed by atoms with Gasteiger partial charge in [0.2, 0.25) is 0 Å². The topological polar surface area (TPSA) is 34.1 Å². The van der Waals surface area contributed by atoms with Crippen molar-refractivity contribution in [2.24, 2.45) is 0 Å². The van der Waals surface area contributed by atoms with Gasteiger partial charge in [-0.2, -0.15) is 0 Å². The molecule has 0 aliphatic carbocycles. The highest BCUT2D eigenvalue weighted by molar-refractivity contribution is 9.10. The second-order valence-electron chi connectivity index (χ2n) is 4.14. The van der Waals surface area contributed by atoms with Crippen LogP contribution < -0.4 is 5.32 Å². The monoisotopic (exact) mass is 270 g/mol. The number of ether oxygens (including phenoxy) is 1. The third-order valence-electron chi connectivity index (χ3n) is 3.05. The molecular formula is C11H15BrN2O. The third-order valence-corrected chi connectivity index (χ3v) is 3.69. The summed E-state index contributed by atoms with van der Waals surface area (Å²) in [5, 5.41) is 3.45. The van der Waals surface area contributed by atoms with E-state index in [9.17, 15) is 0 Å². The molecule has 2 atom stereocenters. The first-order valence-electron chi connectivity index (χ1n) is 5.12. The number of aromatic nitrogens is 1. The Labute approximate surface area is 98.4 Å². The predicted octanol–water partition coefficient (Wildman–Crippen LogP) is 2.82. The Hall–Kier alpha value is -0.610. The summed E-state index contributed by atoms with van der Waals surface area (Å²) in [4.78, 5) is 4.31. The summed E-state index contributed by atoms with van der Waals surface area (Å²) >= 11 is 3.48. The van der Waals surface area contributed by atoms with Crippen molar-refractivity contribution >= 4 is 21.7 Å². The first-order chi connectivity index (χ1) is 7.12. The molecule has 1 saturated heterocycles. The minimum Gasteiger partial charge on any atom is -0.376 e. The Morgan fingerprint density at radius 1 is 1.67 bits per heavy atom. The van der Waals surface area contributed by atoms with Gasteiger partial charge in [-0.15, -0.1) is 0 Å². The average molecular weight is 271 g/mol. The van der Waals surface area contributed by atoms with Crippen LogP contribution >= 0.6 is 15.9 Å². The number of hydrogen-bond donors (Lipinski definition) is 1. The molecule has 2 heterocycles. The zero-order valence-electron chi connectivity index (χ0n) is 8.96. The van der Waals surface area contributed by atoms with Crippen LogP contribution in [-0.4, -0.2) is 23.2 Å². The lowest BCUT2D eigenvalue weighted by molar-refractivity contribution is 0.105. The van der Waals surface area contributed by atoms with Crippen molar-refractivity contribution in [1.82, 2.24) is 4.98 Å². The first kappa shape index (κ1) is 10.9. The maximum Gasteiger partial charge on any atom is 0.140 e. The minimum atomic E-state index is -0.0170. The summed E-state index contributed by atoms with van der Waals surface area (Å²) in [6.45, 7) is 5.08. The van der Waals surface area contributed by atoms with Crippen LogP contribution in [0.4, 0.5) is 5.82 Å². The molecule has 15 heavy (non-hydrogen) atoms. The molecule has 1 N–H and O–H groups in total. The van der Waals surface area contributed by atoms with E-state index in [0.29, 0.717) is 0 Å². The zero-order valence-corrected chi connectivity index (χ0v) is 10.5. The molecule has 0 bridgehead atoms. The number of nitrogens with zero attached hydrogens (tertiary/aromatic N) is 1. The summed E-state index contributed by atoms with van der Waals surface area (Å²) in [5.41, 5.74) is -0.0170. The Bertz CT molecular complexity index is 358. The van der Waals surface area contributed by atoms with E-state index in [2.05, 4.69) is 40.1 Å². The van der Waals surface area contributed by atoms with Crippen LogP contribution in [0.3, 0.4) is 0 Å². The summed E-state index contributed by atoms with van der Waals surface area (Å²) in [6.07, 6.45) is 3.01. The van der Waals surface area contributed by atoms with Crippen molar-refractivity contribution in [2.75, 3.05) is 11.9 Å². The van der Waals surface area contributed by atoms with Gasteiger partial charge in [0.1, 0.15) is 5.82 Å². The van der Waals surface area contributed by atoms with E-state index in [1.54, 1.807) is 6.20 Å². The Morgan fingerprint density at radius 2 is 2.47 bits per heavy atom. The highest BCUT2D eigenvalue weighted by Crippen LogP contribution is 2.31. The van der Waals surface area contributed by atoms with Crippen molar-refractivity contribution in [3.8, 4) is 0 Å². The molecule has 4 heteroatoms. The molecule has 0 amide bonds. The van der Waals surface area contributed by atoms with Crippen molar-refractivity contribution < 1.29 is 4.74 Å². The van der Waals surface area contributed by atoms with Gasteiger partial charge in [-0.05, 0) is 48.3 Å². The summed E-state index contributed by atoms with van der Waals surface area (Å²) in [5.74, 6) is 0.886. The van der Waals surface area contributed by atoms with Crippen molar-refractivity contribution in [3.05, 3.63) is 22.8 Å². The Morgan fingerprint density at radius 3 is 3.07 bits per heavy atom. The minimum absolute atomic E-state index is 0.0170. The highest BCUT2D eigenvalue weighted by Gasteiger charge is 2.37. The van der Waals surface area contributed by atoms with Crippen LogP contribution in [-0.2, 0) is 4.74 Å². The average Bonchev–Trinajstić information content (AvgIpc) is 2.51. The van der Waals surface area contributed by atoms with Gasteiger partial charge < -0.3 is 10.1 Å². The summed E-state index contributed by atoms with van der Waals surface area (Å²) in [6, 6.07) is 3.89. The standard InChI is InChI=1S/C11H15BrN2O/c1-8-11(2,5-7-15-8)14-10-9(12)4-3-6-13-10/h3-4,6,8H,5,7H2,1-2H3,(H,13,14). The number of pyridine rings is 1. The van der Waals surface area contributed by atoms with Crippen molar-refractivity contribution in [2.45, 2.75) is 31.9 Å². The molecule has 0 spiro atoms. The van der Waals surface area contributed by atoms with Crippen molar-refractivity contribution in [3.63, 3.8) is 0 Å². The fourth-order valence-corrected chi connectivity index (χ4v) is 2.10. The molecule has 1 aliphatic rings. The van der Waals surface area contributed by atoms with E-state index in [4.69, 9.17) is 4.74 Å². The van der Waals surface area contributed by atoms with E-state index in [-0.39, 0.29) is 11.6 Å². The maximum absolute atomic E-state index is 5.57. The molecule has 82 valence electrons. The molecular weight excluding hydrogens is 256 g/mol. The number of hydrogen-bond acceptors (Lipinski definition) is 3. The van der Waals surface area contributed by atoms with E-state index in [1.165, 1.54) is 0 Å². The van der Waals surface area contributed by atoms with Crippen LogP contribution in [0.15, 0.2) is 22.8 Å². The van der Waals surface area contributed by atoms with Crippen LogP contribution in [0, 0.1) is 0 Å². The number of rotatable bonds is 2. The Balaban J connectivity index is 2.18. The lowest BCUT2D eigenvalue weighted by Gasteiger charge is -2.29. The second-order valence-corrected chi connectivity index (χ2v) is 4.99. The van der Waals surface area contributed by atoms with Gasteiger partial charge in [0, 0.05) is 12.8 Å². The normalized spacial score (nSPS) is 30.5. The van der Waals surface area contributed by atoms with Gasteiger partial charge in [-0.1, -0.05) is 0 Å². The van der Waals surface area contributed by atoms with Gasteiger partial charge in [-0.25, -0.2) is 4.98 Å². The van der Waals surface area contributed by atoms with E-state index in [0.717, 1.165) is 23.3 Å². The molecule has 1 aromatic heterocycles. The van der Waals surface area contributed by atoms with E-state index < -0.39 is 0 Å². The quantitative estimate of drug-likeness (QED) is 0.898. The van der Waals surface area contributed by atoms with Gasteiger partial charge in [-0.3, -0.25) is 0 Å². The highest BCUT2D eigenvalue weighted by atomic mass is 79.9. The molecule has 3 nitrogen and oxygen atoms in total. The van der Waals surface area contributed by atoms with Crippen LogP contribution in [0.1, 0.15) is 20.3 Å². The molecule has 1 fully saturated rings. The van der Waals surface area contributed by atoms with Crippen LogP contribution in [0.5, 0.6) is 0 Å². The number of halogens is 1. The molecule has 1 aliphatic heterocycles. The maximum atomic E-state index is 5.57. The fourth-order valence-electron chi connectivity index (χ4n) is 1.75. The molecule has 0 saturated carbocycles. The van der Waals surface area contributed by atoms with E-state index >= 15 is 0 Å². The first-order valence-corrected chi connectivity index (χ1v) is 5.91. The van der Waals surface area contributed by atoms with Crippen molar-refractivity contribution in [1.29, 1.82) is 0 Å². The zero-order chi connectivity index (χ0) is 10.9.